The van der Waals surface area contributed by atoms with Crippen LogP contribution in [0, 0.1) is 0 Å². The first-order valence-electron chi connectivity index (χ1n) is 5.36. The highest BCUT2D eigenvalue weighted by Crippen LogP contribution is 2.00. The minimum Gasteiger partial charge on any atom is -0.380 e. The first-order chi connectivity index (χ1) is 6.63. The summed E-state index contributed by atoms with van der Waals surface area (Å²) in [5, 5.41) is 2.29. The van der Waals surface area contributed by atoms with Gasteiger partial charge in [0.05, 0.1) is 6.10 Å². The van der Waals surface area contributed by atoms with Crippen LogP contribution in [0.5, 0.6) is 0 Å². The van der Waals surface area contributed by atoms with Crippen molar-refractivity contribution in [1.29, 1.82) is 0 Å². The van der Waals surface area contributed by atoms with E-state index in [1.54, 1.807) is 7.11 Å². The number of hydrogen-bond donors (Lipinski definition) is 1. The molecule has 0 aliphatic carbocycles. The summed E-state index contributed by atoms with van der Waals surface area (Å²) in [4.78, 5) is 2.35. The largest absolute Gasteiger partial charge is 0.380 e. The second kappa shape index (κ2) is 5.66. The lowest BCUT2D eigenvalue weighted by molar-refractivity contribution is 0.0295. The van der Waals surface area contributed by atoms with Crippen molar-refractivity contribution < 1.29 is 4.74 Å². The Labute approximate surface area is 87.2 Å². The smallest absolute Gasteiger partial charge is 0.0707 e. The molecule has 2 atom stereocenters. The van der Waals surface area contributed by atoms with Crippen LogP contribution in [0.3, 0.4) is 0 Å². The maximum Gasteiger partial charge on any atom is 0.0707 e. The lowest BCUT2D eigenvalue weighted by Gasteiger charge is -2.35. The van der Waals surface area contributed by atoms with Crippen molar-refractivity contribution in [2.45, 2.75) is 26.0 Å². The Morgan fingerprint density at radius 3 is 2.21 bits per heavy atom. The quantitative estimate of drug-likeness (QED) is 0.701. The normalized spacial score (nSPS) is 24.9. The highest BCUT2D eigenvalue weighted by Gasteiger charge is 2.18. The molecular weight excluding hydrogens is 178 g/mol. The van der Waals surface area contributed by atoms with Crippen LogP contribution in [0.1, 0.15) is 13.8 Å². The lowest BCUT2D eigenvalue weighted by Crippen LogP contribution is -2.55. The van der Waals surface area contributed by atoms with E-state index in [1.807, 2.05) is 0 Å². The zero-order chi connectivity index (χ0) is 10.6. The molecule has 0 bridgehead atoms. The zero-order valence-electron chi connectivity index (χ0n) is 9.79. The fourth-order valence-electron chi connectivity index (χ4n) is 1.53. The molecule has 1 saturated heterocycles. The Morgan fingerprint density at radius 2 is 1.71 bits per heavy atom. The van der Waals surface area contributed by atoms with Crippen molar-refractivity contribution in [1.82, 2.24) is 15.3 Å². The van der Waals surface area contributed by atoms with Crippen LogP contribution in [0.2, 0.25) is 0 Å². The Morgan fingerprint density at radius 1 is 1.14 bits per heavy atom. The topological polar surface area (TPSA) is 27.7 Å². The van der Waals surface area contributed by atoms with Crippen LogP contribution in [-0.2, 0) is 4.74 Å². The van der Waals surface area contributed by atoms with E-state index in [9.17, 15) is 0 Å². The Bertz CT molecular complexity index is 157. The maximum absolute atomic E-state index is 5.28. The maximum atomic E-state index is 5.28. The predicted molar refractivity (Wildman–Crippen MR) is 58.1 cm³/mol. The molecule has 0 amide bonds. The van der Waals surface area contributed by atoms with Gasteiger partial charge in [-0.25, -0.2) is 10.4 Å². The van der Waals surface area contributed by atoms with E-state index < -0.39 is 0 Å². The van der Waals surface area contributed by atoms with E-state index >= 15 is 0 Å². The number of rotatable bonds is 4. The summed E-state index contributed by atoms with van der Waals surface area (Å²) in [6.07, 6.45) is 0.259. The molecule has 0 radical (unpaired) electrons. The monoisotopic (exact) mass is 201 g/mol. The number of methoxy groups -OCH3 is 1. The Kier molecular flexibility index (Phi) is 4.81. The van der Waals surface area contributed by atoms with Gasteiger partial charge in [0.1, 0.15) is 0 Å². The number of nitrogens with one attached hydrogen (secondary N) is 1. The fraction of sp³-hybridized carbons (Fsp3) is 1.00. The van der Waals surface area contributed by atoms with Crippen LogP contribution >= 0.6 is 0 Å². The molecule has 2 unspecified atom stereocenters. The molecule has 14 heavy (non-hydrogen) atoms. The van der Waals surface area contributed by atoms with Crippen LogP contribution in [0.4, 0.5) is 0 Å². The molecule has 0 saturated carbocycles. The molecule has 1 heterocycles. The van der Waals surface area contributed by atoms with E-state index in [2.05, 4.69) is 36.2 Å². The van der Waals surface area contributed by atoms with Crippen LogP contribution in [-0.4, -0.2) is 62.4 Å². The highest BCUT2D eigenvalue weighted by molar-refractivity contribution is 4.71. The number of piperazine rings is 1. The zero-order valence-corrected chi connectivity index (χ0v) is 9.79. The molecule has 1 aliphatic heterocycles. The molecular formula is C10H23N3O. The Hall–Kier alpha value is -0.160. The second-order valence-corrected chi connectivity index (χ2v) is 4.15. The lowest BCUT2D eigenvalue weighted by atomic mass is 10.2. The fourth-order valence-corrected chi connectivity index (χ4v) is 1.53. The number of nitrogens with zero attached hydrogens (tertiary/aromatic N) is 2. The van der Waals surface area contributed by atoms with E-state index in [0.717, 1.165) is 26.2 Å². The molecule has 1 rings (SSSR count). The molecule has 1 aliphatic rings. The summed E-state index contributed by atoms with van der Waals surface area (Å²) in [6, 6.07) is 0.378. The standard InChI is InChI=1S/C10H23N3O/c1-9(10(2)14-4)11-13-7-5-12(3)6-8-13/h9-11H,5-8H2,1-4H3. The van der Waals surface area contributed by atoms with Gasteiger partial charge in [-0.2, -0.15) is 0 Å². The molecule has 1 fully saturated rings. The molecule has 4 heteroatoms. The summed E-state index contributed by atoms with van der Waals surface area (Å²) in [6.45, 7) is 8.72. The molecule has 0 aromatic carbocycles. The van der Waals surface area contributed by atoms with Gasteiger partial charge in [0, 0.05) is 39.3 Å². The van der Waals surface area contributed by atoms with Gasteiger partial charge < -0.3 is 9.64 Å². The van der Waals surface area contributed by atoms with Crippen molar-refractivity contribution in [3.8, 4) is 0 Å². The molecule has 84 valence electrons. The van der Waals surface area contributed by atoms with Crippen LogP contribution in [0.25, 0.3) is 0 Å². The van der Waals surface area contributed by atoms with E-state index in [4.69, 9.17) is 4.74 Å². The predicted octanol–water partition coefficient (Wildman–Crippen LogP) is 0.162. The van der Waals surface area contributed by atoms with Gasteiger partial charge in [-0.15, -0.1) is 0 Å². The van der Waals surface area contributed by atoms with Gasteiger partial charge in [0.15, 0.2) is 0 Å². The first kappa shape index (κ1) is 11.9. The summed E-state index contributed by atoms with van der Waals surface area (Å²) >= 11 is 0. The van der Waals surface area contributed by atoms with E-state index in [-0.39, 0.29) is 6.10 Å². The van der Waals surface area contributed by atoms with Gasteiger partial charge in [-0.05, 0) is 20.9 Å². The third-order valence-corrected chi connectivity index (χ3v) is 2.97. The molecule has 0 aromatic heterocycles. The van der Waals surface area contributed by atoms with Crippen molar-refractivity contribution in [3.63, 3.8) is 0 Å². The van der Waals surface area contributed by atoms with Crippen LogP contribution in [0.15, 0.2) is 0 Å². The summed E-state index contributed by atoms with van der Waals surface area (Å²) in [5.74, 6) is 0. The summed E-state index contributed by atoms with van der Waals surface area (Å²) < 4.78 is 5.28. The van der Waals surface area contributed by atoms with Gasteiger partial charge in [0.25, 0.3) is 0 Å². The molecule has 4 nitrogen and oxygen atoms in total. The van der Waals surface area contributed by atoms with Crippen molar-refractivity contribution >= 4 is 0 Å². The first-order valence-corrected chi connectivity index (χ1v) is 5.36. The average molecular weight is 201 g/mol. The van der Waals surface area contributed by atoms with Crippen molar-refractivity contribution in [2.75, 3.05) is 40.3 Å². The highest BCUT2D eigenvalue weighted by atomic mass is 16.5. The van der Waals surface area contributed by atoms with Crippen molar-refractivity contribution in [3.05, 3.63) is 0 Å². The van der Waals surface area contributed by atoms with Gasteiger partial charge in [-0.1, -0.05) is 0 Å². The molecule has 1 N–H and O–H groups in total. The third-order valence-electron chi connectivity index (χ3n) is 2.97. The Balaban J connectivity index is 2.23. The minimum absolute atomic E-state index is 0.259. The van der Waals surface area contributed by atoms with Gasteiger partial charge >= 0.3 is 0 Å². The number of likely N-dealkylation sites (N-methyl/N-ethyl adjacent to an activating group) is 1. The van der Waals surface area contributed by atoms with E-state index in [0.29, 0.717) is 6.04 Å². The minimum atomic E-state index is 0.259. The van der Waals surface area contributed by atoms with E-state index in [1.165, 1.54) is 0 Å². The second-order valence-electron chi connectivity index (χ2n) is 4.15. The third kappa shape index (κ3) is 3.53. The van der Waals surface area contributed by atoms with Gasteiger partial charge in [0.2, 0.25) is 0 Å². The number of ether oxygens (including phenoxy) is 1. The number of hydrazine groups is 1. The van der Waals surface area contributed by atoms with Gasteiger partial charge in [-0.3, -0.25) is 0 Å². The van der Waals surface area contributed by atoms with Crippen molar-refractivity contribution in [2.24, 2.45) is 0 Å². The average Bonchev–Trinajstić information content (AvgIpc) is 2.20. The van der Waals surface area contributed by atoms with Crippen LogP contribution < -0.4 is 5.43 Å². The summed E-state index contributed by atoms with van der Waals surface area (Å²) in [5.41, 5.74) is 3.47. The SMILES string of the molecule is COC(C)C(C)NN1CCN(C)CC1. The summed E-state index contributed by atoms with van der Waals surface area (Å²) in [7, 11) is 3.92. The number of hydrogen-bond acceptors (Lipinski definition) is 4. The molecule has 0 aromatic rings. The molecule has 0 spiro atoms.